The van der Waals surface area contributed by atoms with Gasteiger partial charge in [-0.05, 0) is 25.5 Å². The van der Waals surface area contributed by atoms with Crippen LogP contribution in [0.5, 0.6) is 0 Å². The first-order chi connectivity index (χ1) is 6.63. The predicted octanol–water partition coefficient (Wildman–Crippen LogP) is 2.25. The van der Waals surface area contributed by atoms with E-state index in [2.05, 4.69) is 37.0 Å². The third-order valence-corrected chi connectivity index (χ3v) is 3.35. The van der Waals surface area contributed by atoms with E-state index in [0.717, 1.165) is 6.42 Å². The number of nitrogens with one attached hydrogen (secondary N) is 1. The minimum Gasteiger partial charge on any atom is -0.350 e. The molecule has 0 aliphatic heterocycles. The number of amides is 1. The monoisotopic (exact) mass is 229 g/mol. The van der Waals surface area contributed by atoms with Crippen LogP contribution in [0.2, 0.25) is 0 Å². The van der Waals surface area contributed by atoms with Crippen molar-refractivity contribution in [3.63, 3.8) is 0 Å². The van der Waals surface area contributed by atoms with Crippen molar-refractivity contribution in [2.24, 2.45) is 0 Å². The molecule has 1 aromatic rings. The molecule has 0 aliphatic rings. The molecule has 0 saturated heterocycles. The summed E-state index contributed by atoms with van der Waals surface area (Å²) in [7, 11) is 0. The summed E-state index contributed by atoms with van der Waals surface area (Å²) in [5, 5.41) is 2.60. The lowest BCUT2D eigenvalue weighted by molar-refractivity contribution is -0.120. The fraction of sp³-hybridized carbons (Fsp3) is 0.500. The summed E-state index contributed by atoms with van der Waals surface area (Å²) in [6.07, 6.45) is 1.06. The zero-order valence-corrected chi connectivity index (χ0v) is 10.1. The van der Waals surface area contributed by atoms with Crippen LogP contribution in [0.1, 0.15) is 23.6 Å². The normalized spacial score (nSPS) is 12.5. The van der Waals surface area contributed by atoms with Gasteiger partial charge in [0.05, 0.1) is 11.8 Å². The van der Waals surface area contributed by atoms with Gasteiger partial charge in [0.2, 0.25) is 5.91 Å². The Labute approximate surface area is 94.1 Å². The van der Waals surface area contributed by atoms with E-state index in [-0.39, 0.29) is 11.2 Å². The lowest BCUT2D eigenvalue weighted by Gasteiger charge is -2.04. The molecule has 2 nitrogen and oxygen atoms in total. The molecular weight excluding hydrogens is 214 g/mol. The molecule has 0 saturated carbocycles. The molecule has 1 N–H and O–H groups in total. The highest BCUT2D eigenvalue weighted by atomic mass is 32.1. The molecule has 0 aliphatic carbocycles. The van der Waals surface area contributed by atoms with Crippen LogP contribution in [0.3, 0.4) is 0 Å². The Balaban J connectivity index is 2.41. The van der Waals surface area contributed by atoms with Crippen LogP contribution in [-0.4, -0.2) is 11.2 Å². The van der Waals surface area contributed by atoms with E-state index in [1.165, 1.54) is 9.75 Å². The van der Waals surface area contributed by atoms with Crippen molar-refractivity contribution in [3.8, 4) is 0 Å². The highest BCUT2D eigenvalue weighted by Gasteiger charge is 2.07. The topological polar surface area (TPSA) is 29.1 Å². The van der Waals surface area contributed by atoms with Crippen molar-refractivity contribution in [1.29, 1.82) is 0 Å². The maximum atomic E-state index is 11.2. The Hall–Kier alpha value is -0.480. The third-order valence-electron chi connectivity index (χ3n) is 1.88. The van der Waals surface area contributed by atoms with Crippen LogP contribution < -0.4 is 5.32 Å². The number of hydrogen-bond acceptors (Lipinski definition) is 3. The third kappa shape index (κ3) is 3.35. The molecule has 4 heteroatoms. The summed E-state index contributed by atoms with van der Waals surface area (Å²) < 4.78 is 0. The second-order valence-electron chi connectivity index (χ2n) is 3.12. The van der Waals surface area contributed by atoms with Gasteiger partial charge in [-0.2, -0.15) is 12.6 Å². The summed E-state index contributed by atoms with van der Waals surface area (Å²) in [5.74, 6) is -0.0141. The highest BCUT2D eigenvalue weighted by molar-refractivity contribution is 7.81. The van der Waals surface area contributed by atoms with E-state index in [1.807, 2.05) is 0 Å². The van der Waals surface area contributed by atoms with Crippen LogP contribution in [0.25, 0.3) is 0 Å². The lowest BCUT2D eigenvalue weighted by Crippen LogP contribution is -2.28. The average Bonchev–Trinajstić information content (AvgIpc) is 2.61. The standard InChI is InChI=1S/C10H15NOS2/c1-3-8-4-5-9(14-8)6-11-10(12)7(2)13/h4-5,7,13H,3,6H2,1-2H3,(H,11,12). The first-order valence-electron chi connectivity index (χ1n) is 4.67. The van der Waals surface area contributed by atoms with Crippen molar-refractivity contribution < 1.29 is 4.79 Å². The minimum atomic E-state index is -0.236. The summed E-state index contributed by atoms with van der Waals surface area (Å²) in [5.41, 5.74) is 0. The number of carbonyl (C=O) groups is 1. The molecule has 1 amide bonds. The molecule has 1 heterocycles. The van der Waals surface area contributed by atoms with Gasteiger partial charge >= 0.3 is 0 Å². The van der Waals surface area contributed by atoms with E-state index in [9.17, 15) is 4.79 Å². The van der Waals surface area contributed by atoms with Gasteiger partial charge in [-0.15, -0.1) is 11.3 Å². The van der Waals surface area contributed by atoms with Gasteiger partial charge < -0.3 is 5.32 Å². The number of thiophene rings is 1. The predicted molar refractivity (Wildman–Crippen MR) is 64.0 cm³/mol. The van der Waals surface area contributed by atoms with Crippen LogP contribution in [-0.2, 0) is 17.8 Å². The fourth-order valence-corrected chi connectivity index (χ4v) is 2.02. The van der Waals surface area contributed by atoms with Crippen LogP contribution in [0, 0.1) is 0 Å². The molecule has 1 unspecified atom stereocenters. The Morgan fingerprint density at radius 2 is 2.21 bits per heavy atom. The van der Waals surface area contributed by atoms with Crippen molar-refractivity contribution >= 4 is 29.9 Å². The van der Waals surface area contributed by atoms with E-state index < -0.39 is 0 Å². The van der Waals surface area contributed by atoms with Crippen molar-refractivity contribution in [2.75, 3.05) is 0 Å². The second-order valence-corrected chi connectivity index (χ2v) is 5.14. The van der Waals surface area contributed by atoms with Gasteiger partial charge in [0, 0.05) is 9.75 Å². The van der Waals surface area contributed by atoms with Gasteiger partial charge in [-0.1, -0.05) is 6.92 Å². The Morgan fingerprint density at radius 1 is 1.57 bits per heavy atom. The van der Waals surface area contributed by atoms with Crippen molar-refractivity contribution in [2.45, 2.75) is 32.1 Å². The molecule has 0 fully saturated rings. The van der Waals surface area contributed by atoms with Gasteiger partial charge in [-0.3, -0.25) is 4.79 Å². The van der Waals surface area contributed by atoms with Crippen LogP contribution >= 0.6 is 24.0 Å². The summed E-state index contributed by atoms with van der Waals surface area (Å²) in [6.45, 7) is 4.52. The molecule has 78 valence electrons. The maximum absolute atomic E-state index is 11.2. The SMILES string of the molecule is CCc1ccc(CNC(=O)C(C)S)s1. The molecule has 1 aromatic heterocycles. The van der Waals surface area contributed by atoms with E-state index in [0.29, 0.717) is 6.54 Å². The first-order valence-corrected chi connectivity index (χ1v) is 6.00. The van der Waals surface area contributed by atoms with Crippen LogP contribution in [0.4, 0.5) is 0 Å². The quantitative estimate of drug-likeness (QED) is 0.762. The molecule has 14 heavy (non-hydrogen) atoms. The van der Waals surface area contributed by atoms with Gasteiger partial charge in [0.1, 0.15) is 0 Å². The second kappa shape index (κ2) is 5.41. The largest absolute Gasteiger partial charge is 0.350 e. The van der Waals surface area contributed by atoms with E-state index in [1.54, 1.807) is 18.3 Å². The Morgan fingerprint density at radius 3 is 2.71 bits per heavy atom. The van der Waals surface area contributed by atoms with Gasteiger partial charge in [0.25, 0.3) is 0 Å². The first kappa shape index (κ1) is 11.6. The minimum absolute atomic E-state index is 0.0141. The number of aryl methyl sites for hydroxylation is 1. The lowest BCUT2D eigenvalue weighted by atomic mass is 10.3. The van der Waals surface area contributed by atoms with Crippen molar-refractivity contribution in [1.82, 2.24) is 5.32 Å². The highest BCUT2D eigenvalue weighted by Crippen LogP contribution is 2.16. The molecule has 1 atom stereocenters. The van der Waals surface area contributed by atoms with E-state index in [4.69, 9.17) is 0 Å². The number of carbonyl (C=O) groups excluding carboxylic acids is 1. The molecular formula is C10H15NOS2. The summed E-state index contributed by atoms with van der Waals surface area (Å²) in [6, 6.07) is 4.17. The zero-order valence-electron chi connectivity index (χ0n) is 8.41. The Kier molecular flexibility index (Phi) is 4.48. The van der Waals surface area contributed by atoms with Gasteiger partial charge in [-0.25, -0.2) is 0 Å². The molecule has 0 aromatic carbocycles. The van der Waals surface area contributed by atoms with Gasteiger partial charge in [0.15, 0.2) is 0 Å². The zero-order chi connectivity index (χ0) is 10.6. The molecule has 0 spiro atoms. The Bertz CT molecular complexity index is 307. The smallest absolute Gasteiger partial charge is 0.232 e. The maximum Gasteiger partial charge on any atom is 0.232 e. The average molecular weight is 229 g/mol. The molecule has 0 bridgehead atoms. The van der Waals surface area contributed by atoms with E-state index >= 15 is 0 Å². The molecule has 1 rings (SSSR count). The molecule has 0 radical (unpaired) electrons. The number of thiol groups is 1. The summed E-state index contributed by atoms with van der Waals surface area (Å²) in [4.78, 5) is 13.8. The van der Waals surface area contributed by atoms with Crippen LogP contribution in [0.15, 0.2) is 12.1 Å². The summed E-state index contributed by atoms with van der Waals surface area (Å²) >= 11 is 5.80. The fourth-order valence-electron chi connectivity index (χ4n) is 1.03. The van der Waals surface area contributed by atoms with Crippen molar-refractivity contribution in [3.05, 3.63) is 21.9 Å². The number of hydrogen-bond donors (Lipinski definition) is 2. The number of rotatable bonds is 4.